The smallest absolute Gasteiger partial charge is 0.0475 e. The molecule has 88 valence electrons. The first kappa shape index (κ1) is 11.6. The highest BCUT2D eigenvalue weighted by molar-refractivity contribution is 5.30. The number of aryl methyl sites for hydroxylation is 1. The van der Waals surface area contributed by atoms with Crippen molar-refractivity contribution < 1.29 is 4.74 Å². The van der Waals surface area contributed by atoms with Gasteiger partial charge in [0.15, 0.2) is 0 Å². The number of nitrogens with one attached hydrogen (secondary N) is 1. The molecule has 0 unspecified atom stereocenters. The Hall–Kier alpha value is -0.860. The van der Waals surface area contributed by atoms with E-state index in [9.17, 15) is 0 Å². The molecule has 1 heterocycles. The van der Waals surface area contributed by atoms with Crippen LogP contribution in [0.25, 0.3) is 0 Å². The van der Waals surface area contributed by atoms with Crippen molar-refractivity contribution in [1.29, 1.82) is 0 Å². The molecular formula is C14H21NO. The lowest BCUT2D eigenvalue weighted by Crippen LogP contribution is -2.41. The maximum Gasteiger partial charge on any atom is 0.0475 e. The summed E-state index contributed by atoms with van der Waals surface area (Å²) in [6, 6.07) is 8.91. The zero-order chi connectivity index (χ0) is 11.4. The Morgan fingerprint density at radius 1 is 1.31 bits per heavy atom. The number of ether oxygens (including phenoxy) is 1. The zero-order valence-electron chi connectivity index (χ0n) is 10.3. The molecule has 0 saturated carbocycles. The molecule has 0 aliphatic carbocycles. The van der Waals surface area contributed by atoms with Crippen LogP contribution >= 0.6 is 0 Å². The van der Waals surface area contributed by atoms with E-state index < -0.39 is 0 Å². The minimum atomic E-state index is 0.277. The van der Waals surface area contributed by atoms with Gasteiger partial charge in [0, 0.05) is 25.2 Å². The van der Waals surface area contributed by atoms with Gasteiger partial charge in [-0.15, -0.1) is 0 Å². The van der Waals surface area contributed by atoms with Gasteiger partial charge in [-0.05, 0) is 32.4 Å². The molecule has 0 spiro atoms. The van der Waals surface area contributed by atoms with E-state index >= 15 is 0 Å². The highest BCUT2D eigenvalue weighted by Gasteiger charge is 2.33. The second-order valence-corrected chi connectivity index (χ2v) is 4.79. The lowest BCUT2D eigenvalue weighted by atomic mass is 9.74. The minimum Gasteiger partial charge on any atom is -0.381 e. The van der Waals surface area contributed by atoms with Crippen LogP contribution in [0.5, 0.6) is 0 Å². The molecule has 16 heavy (non-hydrogen) atoms. The summed E-state index contributed by atoms with van der Waals surface area (Å²) in [6.07, 6.45) is 2.24. The first-order valence-electron chi connectivity index (χ1n) is 6.06. The number of likely N-dealkylation sites (N-methyl/N-ethyl adjacent to an activating group) is 1. The van der Waals surface area contributed by atoms with E-state index in [0.717, 1.165) is 32.6 Å². The number of hydrogen-bond acceptors (Lipinski definition) is 2. The molecule has 1 saturated heterocycles. The van der Waals surface area contributed by atoms with Crippen LogP contribution < -0.4 is 5.32 Å². The van der Waals surface area contributed by atoms with Gasteiger partial charge in [0.1, 0.15) is 0 Å². The first-order valence-corrected chi connectivity index (χ1v) is 6.06. The summed E-state index contributed by atoms with van der Waals surface area (Å²) in [5.74, 6) is 0. The molecule has 2 rings (SSSR count). The average Bonchev–Trinajstić information content (AvgIpc) is 2.31. The van der Waals surface area contributed by atoms with E-state index in [2.05, 4.69) is 36.5 Å². The van der Waals surface area contributed by atoms with Gasteiger partial charge >= 0.3 is 0 Å². The van der Waals surface area contributed by atoms with Crippen molar-refractivity contribution in [2.45, 2.75) is 25.2 Å². The minimum absolute atomic E-state index is 0.277. The van der Waals surface area contributed by atoms with Crippen molar-refractivity contribution >= 4 is 0 Å². The third-order valence-corrected chi connectivity index (χ3v) is 3.60. The lowest BCUT2D eigenvalue weighted by Gasteiger charge is -2.38. The molecule has 1 fully saturated rings. The molecule has 1 N–H and O–H groups in total. The predicted molar refractivity (Wildman–Crippen MR) is 66.8 cm³/mol. The summed E-state index contributed by atoms with van der Waals surface area (Å²) in [5.41, 5.74) is 3.09. The Labute approximate surface area is 98.0 Å². The Morgan fingerprint density at radius 2 is 2.06 bits per heavy atom. The molecule has 1 aliphatic rings. The monoisotopic (exact) mass is 219 g/mol. The SMILES string of the molecule is CNCC1(c2cccc(C)c2)CCOCC1. The second kappa shape index (κ2) is 4.98. The molecule has 0 atom stereocenters. The van der Waals surface area contributed by atoms with Crippen LogP contribution in [0.3, 0.4) is 0 Å². The number of rotatable bonds is 3. The summed E-state index contributed by atoms with van der Waals surface area (Å²) >= 11 is 0. The van der Waals surface area contributed by atoms with Crippen LogP contribution in [0.15, 0.2) is 24.3 Å². The van der Waals surface area contributed by atoms with Crippen LogP contribution in [-0.4, -0.2) is 26.8 Å². The van der Waals surface area contributed by atoms with Gasteiger partial charge in [0.05, 0.1) is 0 Å². The quantitative estimate of drug-likeness (QED) is 0.842. The second-order valence-electron chi connectivity index (χ2n) is 4.79. The summed E-state index contributed by atoms with van der Waals surface area (Å²) in [6.45, 7) is 4.97. The summed E-state index contributed by atoms with van der Waals surface area (Å²) in [4.78, 5) is 0. The number of hydrogen-bond donors (Lipinski definition) is 1. The van der Waals surface area contributed by atoms with E-state index in [1.165, 1.54) is 11.1 Å². The van der Waals surface area contributed by atoms with E-state index in [4.69, 9.17) is 4.74 Å². The van der Waals surface area contributed by atoms with Gasteiger partial charge in [-0.25, -0.2) is 0 Å². The fourth-order valence-corrected chi connectivity index (χ4v) is 2.64. The standard InChI is InChI=1S/C14H21NO/c1-12-4-3-5-13(10-12)14(11-15-2)6-8-16-9-7-14/h3-5,10,15H,6-9,11H2,1-2H3. The fraction of sp³-hybridized carbons (Fsp3) is 0.571. The first-order chi connectivity index (χ1) is 7.77. The maximum atomic E-state index is 5.50. The molecule has 0 aromatic heterocycles. The highest BCUT2D eigenvalue weighted by atomic mass is 16.5. The van der Waals surface area contributed by atoms with E-state index in [1.807, 2.05) is 7.05 Å². The number of benzene rings is 1. The third-order valence-electron chi connectivity index (χ3n) is 3.60. The van der Waals surface area contributed by atoms with Gasteiger partial charge in [0.25, 0.3) is 0 Å². The summed E-state index contributed by atoms with van der Waals surface area (Å²) < 4.78 is 5.50. The molecule has 1 aromatic rings. The van der Waals surface area contributed by atoms with Crippen LogP contribution in [-0.2, 0) is 10.2 Å². The van der Waals surface area contributed by atoms with Crippen LogP contribution in [0.1, 0.15) is 24.0 Å². The summed E-state index contributed by atoms with van der Waals surface area (Å²) in [5, 5.41) is 3.34. The van der Waals surface area contributed by atoms with E-state index in [-0.39, 0.29) is 5.41 Å². The van der Waals surface area contributed by atoms with Gasteiger partial charge in [-0.3, -0.25) is 0 Å². The van der Waals surface area contributed by atoms with Crippen LogP contribution in [0.2, 0.25) is 0 Å². The van der Waals surface area contributed by atoms with Crippen molar-refractivity contribution in [3.63, 3.8) is 0 Å². The van der Waals surface area contributed by atoms with Crippen molar-refractivity contribution in [2.24, 2.45) is 0 Å². The lowest BCUT2D eigenvalue weighted by molar-refractivity contribution is 0.0505. The normalized spacial score (nSPS) is 19.6. The molecule has 0 amide bonds. The van der Waals surface area contributed by atoms with Crippen molar-refractivity contribution in [1.82, 2.24) is 5.32 Å². The highest BCUT2D eigenvalue weighted by Crippen LogP contribution is 2.34. The predicted octanol–water partition coefficient (Wildman–Crippen LogP) is 2.26. The zero-order valence-corrected chi connectivity index (χ0v) is 10.3. The Bertz CT molecular complexity index is 337. The van der Waals surface area contributed by atoms with Crippen molar-refractivity contribution in [3.8, 4) is 0 Å². The molecule has 2 heteroatoms. The Morgan fingerprint density at radius 3 is 2.69 bits per heavy atom. The van der Waals surface area contributed by atoms with E-state index in [1.54, 1.807) is 0 Å². The third kappa shape index (κ3) is 2.28. The van der Waals surface area contributed by atoms with Gasteiger partial charge in [-0.1, -0.05) is 29.8 Å². The maximum absolute atomic E-state index is 5.50. The fourth-order valence-electron chi connectivity index (χ4n) is 2.64. The molecule has 1 aromatic carbocycles. The van der Waals surface area contributed by atoms with E-state index in [0.29, 0.717) is 0 Å². The van der Waals surface area contributed by atoms with Gasteiger partial charge in [0.2, 0.25) is 0 Å². The van der Waals surface area contributed by atoms with Crippen LogP contribution in [0.4, 0.5) is 0 Å². The Kier molecular flexibility index (Phi) is 3.62. The van der Waals surface area contributed by atoms with Crippen molar-refractivity contribution in [2.75, 3.05) is 26.8 Å². The molecular weight excluding hydrogens is 198 g/mol. The molecule has 1 aliphatic heterocycles. The summed E-state index contributed by atoms with van der Waals surface area (Å²) in [7, 11) is 2.03. The van der Waals surface area contributed by atoms with Crippen LogP contribution in [0, 0.1) is 6.92 Å². The molecule has 0 bridgehead atoms. The van der Waals surface area contributed by atoms with Gasteiger partial charge in [-0.2, -0.15) is 0 Å². The van der Waals surface area contributed by atoms with Crippen molar-refractivity contribution in [3.05, 3.63) is 35.4 Å². The molecule has 2 nitrogen and oxygen atoms in total. The topological polar surface area (TPSA) is 21.3 Å². The Balaban J connectivity index is 2.30. The van der Waals surface area contributed by atoms with Gasteiger partial charge < -0.3 is 10.1 Å². The average molecular weight is 219 g/mol. The molecule has 0 radical (unpaired) electrons. The largest absolute Gasteiger partial charge is 0.381 e.